The van der Waals surface area contributed by atoms with E-state index >= 15 is 0 Å². The number of amides is 1. The van der Waals surface area contributed by atoms with Crippen LogP contribution in [0.1, 0.15) is 35.6 Å². The van der Waals surface area contributed by atoms with Crippen molar-refractivity contribution in [3.63, 3.8) is 0 Å². The first kappa shape index (κ1) is 20.0. The molecule has 1 saturated carbocycles. The van der Waals surface area contributed by atoms with Gasteiger partial charge in [0.05, 0.1) is 22.3 Å². The smallest absolute Gasteiger partial charge is 0.247 e. The van der Waals surface area contributed by atoms with Crippen LogP contribution in [0.5, 0.6) is 0 Å². The second-order valence-electron chi connectivity index (χ2n) is 7.81. The summed E-state index contributed by atoms with van der Waals surface area (Å²) < 4.78 is 3.39. The van der Waals surface area contributed by atoms with Gasteiger partial charge in [-0.3, -0.25) is 9.48 Å². The molecule has 5 rings (SSSR count). The maximum Gasteiger partial charge on any atom is 0.247 e. The van der Waals surface area contributed by atoms with E-state index < -0.39 is 0 Å². The lowest BCUT2D eigenvalue weighted by Gasteiger charge is -2.05. The zero-order valence-electron chi connectivity index (χ0n) is 16.8. The van der Waals surface area contributed by atoms with Gasteiger partial charge in [-0.2, -0.15) is 10.2 Å². The Morgan fingerprint density at radius 3 is 2.77 bits per heavy atom. The minimum atomic E-state index is -0.206. The molecule has 0 atom stereocenters. The van der Waals surface area contributed by atoms with E-state index in [0.717, 1.165) is 22.3 Å². The Morgan fingerprint density at radius 1 is 1.16 bits per heavy atom. The molecule has 9 heteroatoms. The highest BCUT2D eigenvalue weighted by atomic mass is 35.5. The Balaban J connectivity index is 1.28. The Kier molecular flexibility index (Phi) is 5.16. The molecule has 0 bridgehead atoms. The van der Waals surface area contributed by atoms with Gasteiger partial charge >= 0.3 is 0 Å². The molecular weight excluding hydrogens is 435 g/mol. The van der Waals surface area contributed by atoms with Crippen LogP contribution in [0.15, 0.2) is 42.7 Å². The van der Waals surface area contributed by atoms with Gasteiger partial charge in [-0.25, -0.2) is 9.67 Å². The number of carbonyl (C=O) groups is 1. The van der Waals surface area contributed by atoms with E-state index in [1.807, 2.05) is 13.0 Å². The summed E-state index contributed by atoms with van der Waals surface area (Å²) in [6, 6.07) is 9.27. The van der Waals surface area contributed by atoms with E-state index in [1.54, 1.807) is 40.0 Å². The molecule has 1 fully saturated rings. The molecular formula is C22H20Cl2N6O. The molecule has 0 saturated heterocycles. The van der Waals surface area contributed by atoms with Crippen LogP contribution in [0.4, 0.5) is 5.82 Å². The number of benzene rings is 1. The van der Waals surface area contributed by atoms with Crippen LogP contribution in [-0.2, 0) is 17.9 Å². The lowest BCUT2D eigenvalue weighted by Crippen LogP contribution is -2.20. The molecule has 0 radical (unpaired) electrons. The van der Waals surface area contributed by atoms with Crippen molar-refractivity contribution >= 4 is 46.0 Å². The molecule has 0 aliphatic heterocycles. The minimum absolute atomic E-state index is 0.0745. The molecule has 0 unspecified atom stereocenters. The number of nitrogens with zero attached hydrogens (tertiary/aromatic N) is 5. The van der Waals surface area contributed by atoms with E-state index in [1.165, 1.54) is 18.4 Å². The summed E-state index contributed by atoms with van der Waals surface area (Å²) in [6.45, 7) is 2.56. The summed E-state index contributed by atoms with van der Waals surface area (Å²) in [5, 5.41) is 13.9. The van der Waals surface area contributed by atoms with Gasteiger partial charge in [-0.1, -0.05) is 29.3 Å². The molecule has 31 heavy (non-hydrogen) atoms. The largest absolute Gasteiger partial charge is 0.308 e. The summed E-state index contributed by atoms with van der Waals surface area (Å²) in [5.41, 5.74) is 3.91. The van der Waals surface area contributed by atoms with Gasteiger partial charge in [0.1, 0.15) is 6.54 Å². The second-order valence-corrected chi connectivity index (χ2v) is 8.63. The highest BCUT2D eigenvalue weighted by Crippen LogP contribution is 2.43. The molecule has 158 valence electrons. The number of carbonyl (C=O) groups excluding carboxylic acids is 1. The number of rotatable bonds is 6. The van der Waals surface area contributed by atoms with Crippen LogP contribution in [0.2, 0.25) is 10.0 Å². The van der Waals surface area contributed by atoms with E-state index in [9.17, 15) is 4.79 Å². The molecule has 1 amide bonds. The number of hydrogen-bond acceptors (Lipinski definition) is 4. The van der Waals surface area contributed by atoms with Crippen LogP contribution >= 0.6 is 23.2 Å². The second kappa shape index (κ2) is 7.98. The molecule has 4 aromatic rings. The Labute approximate surface area is 189 Å². The van der Waals surface area contributed by atoms with Gasteiger partial charge in [0.2, 0.25) is 5.91 Å². The first-order valence-corrected chi connectivity index (χ1v) is 10.8. The van der Waals surface area contributed by atoms with Crippen molar-refractivity contribution < 1.29 is 4.79 Å². The average molecular weight is 455 g/mol. The highest BCUT2D eigenvalue weighted by Gasteiger charge is 2.27. The minimum Gasteiger partial charge on any atom is -0.308 e. The number of nitrogens with one attached hydrogen (secondary N) is 1. The number of halogens is 2. The van der Waals surface area contributed by atoms with Crippen LogP contribution in [0.3, 0.4) is 0 Å². The van der Waals surface area contributed by atoms with Gasteiger partial charge in [-0.05, 0) is 55.0 Å². The lowest BCUT2D eigenvalue weighted by molar-refractivity contribution is -0.116. The van der Waals surface area contributed by atoms with Crippen molar-refractivity contribution in [2.75, 3.05) is 5.32 Å². The first-order valence-electron chi connectivity index (χ1n) is 10.1. The Hall–Kier alpha value is -2.90. The SMILES string of the molecule is Cc1nn(CC(=O)Nc2ccn(Cc3ccc(Cl)c(Cl)c3)n2)c2nccc(C3CC3)c12. The lowest BCUT2D eigenvalue weighted by atomic mass is 10.1. The summed E-state index contributed by atoms with van der Waals surface area (Å²) in [5.74, 6) is 0.864. The summed E-state index contributed by atoms with van der Waals surface area (Å²) in [6.07, 6.45) is 6.01. The number of pyridine rings is 1. The highest BCUT2D eigenvalue weighted by molar-refractivity contribution is 6.42. The number of fused-ring (bicyclic) bond motifs is 1. The summed E-state index contributed by atoms with van der Waals surface area (Å²) >= 11 is 12.0. The predicted molar refractivity (Wildman–Crippen MR) is 121 cm³/mol. The third-order valence-electron chi connectivity index (χ3n) is 5.39. The van der Waals surface area contributed by atoms with Crippen LogP contribution in [0.25, 0.3) is 11.0 Å². The molecule has 1 N–H and O–H groups in total. The van der Waals surface area contributed by atoms with Gasteiger partial charge in [0, 0.05) is 23.8 Å². The van der Waals surface area contributed by atoms with Crippen molar-refractivity contribution in [2.45, 2.75) is 38.8 Å². The van der Waals surface area contributed by atoms with Crippen molar-refractivity contribution in [1.29, 1.82) is 0 Å². The zero-order chi connectivity index (χ0) is 21.5. The number of anilines is 1. The van der Waals surface area contributed by atoms with Crippen LogP contribution in [-0.4, -0.2) is 30.5 Å². The van der Waals surface area contributed by atoms with Crippen LogP contribution < -0.4 is 5.32 Å². The normalized spacial score (nSPS) is 13.6. The van der Waals surface area contributed by atoms with Gasteiger partial charge in [-0.15, -0.1) is 0 Å². The fourth-order valence-corrected chi connectivity index (χ4v) is 4.14. The maximum atomic E-state index is 12.6. The first-order chi connectivity index (χ1) is 15.0. The molecule has 1 aliphatic rings. The number of aryl methyl sites for hydroxylation is 1. The molecule has 1 aliphatic carbocycles. The fourth-order valence-electron chi connectivity index (χ4n) is 3.81. The third-order valence-corrected chi connectivity index (χ3v) is 6.13. The molecule has 1 aromatic carbocycles. The van der Waals surface area contributed by atoms with E-state index in [-0.39, 0.29) is 12.5 Å². The van der Waals surface area contributed by atoms with Gasteiger partial charge in [0.15, 0.2) is 11.5 Å². The van der Waals surface area contributed by atoms with E-state index in [0.29, 0.717) is 28.3 Å². The topological polar surface area (TPSA) is 77.6 Å². The molecule has 7 nitrogen and oxygen atoms in total. The fraction of sp³-hybridized carbons (Fsp3) is 0.273. The number of aromatic nitrogens is 5. The summed E-state index contributed by atoms with van der Waals surface area (Å²) in [7, 11) is 0. The zero-order valence-corrected chi connectivity index (χ0v) is 18.4. The Bertz CT molecular complexity index is 1290. The quantitative estimate of drug-likeness (QED) is 0.453. The monoisotopic (exact) mass is 454 g/mol. The maximum absolute atomic E-state index is 12.6. The van der Waals surface area contributed by atoms with Crippen molar-refractivity contribution in [1.82, 2.24) is 24.5 Å². The van der Waals surface area contributed by atoms with Gasteiger partial charge < -0.3 is 5.32 Å². The summed E-state index contributed by atoms with van der Waals surface area (Å²) in [4.78, 5) is 17.1. The van der Waals surface area contributed by atoms with E-state index in [4.69, 9.17) is 23.2 Å². The number of hydrogen-bond donors (Lipinski definition) is 1. The third kappa shape index (κ3) is 4.16. The van der Waals surface area contributed by atoms with E-state index in [2.05, 4.69) is 26.6 Å². The molecule has 0 spiro atoms. The Morgan fingerprint density at radius 2 is 2.00 bits per heavy atom. The van der Waals surface area contributed by atoms with Gasteiger partial charge in [0.25, 0.3) is 0 Å². The average Bonchev–Trinajstić information content (AvgIpc) is 3.43. The molecule has 3 heterocycles. The standard InChI is InChI=1S/C22H20Cl2N6O/c1-13-21-16(15-3-4-15)6-8-25-22(21)30(27-13)12-20(31)26-19-7-9-29(28-19)11-14-2-5-17(23)18(24)10-14/h2,5-10,15H,3-4,11-12H2,1H3,(H,26,28,31). The van der Waals surface area contributed by atoms with Crippen LogP contribution in [0, 0.1) is 6.92 Å². The molecule has 3 aromatic heterocycles. The predicted octanol–water partition coefficient (Wildman–Crippen LogP) is 4.81. The van der Waals surface area contributed by atoms with Crippen molar-refractivity contribution in [3.05, 3.63) is 69.6 Å². The van der Waals surface area contributed by atoms with Crippen molar-refractivity contribution in [3.8, 4) is 0 Å². The van der Waals surface area contributed by atoms with Crippen molar-refractivity contribution in [2.24, 2.45) is 0 Å².